The van der Waals surface area contributed by atoms with Crippen LogP contribution in [0.5, 0.6) is 0 Å². The van der Waals surface area contributed by atoms with Crippen molar-refractivity contribution in [2.45, 2.75) is 25.9 Å². The van der Waals surface area contributed by atoms with E-state index in [1.807, 2.05) is 0 Å². The molecule has 1 heterocycles. The zero-order valence-electron chi connectivity index (χ0n) is 5.87. The Morgan fingerprint density at radius 1 is 1.56 bits per heavy atom. The van der Waals surface area contributed by atoms with Crippen LogP contribution in [0, 0.1) is 4.91 Å². The molecule has 0 aliphatic carbocycles. The first kappa shape index (κ1) is 6.68. The number of hydrogen-bond donors (Lipinski definition) is 0. The number of nitrogens with zero attached hydrogens (tertiary/aromatic N) is 2. The van der Waals surface area contributed by atoms with Crippen LogP contribution in [0.15, 0.2) is 5.18 Å². The van der Waals surface area contributed by atoms with E-state index in [0.29, 0.717) is 6.04 Å². The van der Waals surface area contributed by atoms with Crippen molar-refractivity contribution in [1.29, 1.82) is 0 Å². The monoisotopic (exact) mass is 128 g/mol. The Bertz CT molecular complexity index is 108. The molecule has 0 bridgehead atoms. The van der Waals surface area contributed by atoms with Gasteiger partial charge in [0.05, 0.1) is 0 Å². The number of likely N-dealkylation sites (tertiary alicyclic amines) is 1. The first-order valence-electron chi connectivity index (χ1n) is 3.30. The smallest absolute Gasteiger partial charge is 0.117 e. The second kappa shape index (κ2) is 2.43. The van der Waals surface area contributed by atoms with Gasteiger partial charge in [0.1, 0.15) is 6.04 Å². The molecule has 0 amide bonds. The predicted octanol–water partition coefficient (Wildman–Crippen LogP) is 0.845. The summed E-state index contributed by atoms with van der Waals surface area (Å²) in [7, 11) is 0. The summed E-state index contributed by atoms with van der Waals surface area (Å²) in [6.07, 6.45) is 0. The molecule has 0 N–H and O–H groups in total. The Morgan fingerprint density at radius 2 is 2.11 bits per heavy atom. The van der Waals surface area contributed by atoms with Gasteiger partial charge in [0.25, 0.3) is 0 Å². The molecule has 0 aromatic rings. The van der Waals surface area contributed by atoms with Gasteiger partial charge < -0.3 is 0 Å². The number of rotatable bonds is 2. The molecule has 1 aliphatic heterocycles. The van der Waals surface area contributed by atoms with Crippen LogP contribution in [0.2, 0.25) is 0 Å². The Hall–Kier alpha value is -0.440. The van der Waals surface area contributed by atoms with Gasteiger partial charge in [-0.1, -0.05) is 5.18 Å². The molecule has 9 heavy (non-hydrogen) atoms. The van der Waals surface area contributed by atoms with E-state index in [0.717, 1.165) is 13.1 Å². The van der Waals surface area contributed by atoms with Crippen molar-refractivity contribution in [1.82, 2.24) is 4.90 Å². The molecule has 52 valence electrons. The molecule has 3 heteroatoms. The highest BCUT2D eigenvalue weighted by atomic mass is 16.3. The Balaban J connectivity index is 2.19. The first-order chi connectivity index (χ1) is 4.24. The van der Waals surface area contributed by atoms with E-state index >= 15 is 0 Å². The van der Waals surface area contributed by atoms with Crippen LogP contribution in [0.3, 0.4) is 0 Å². The SMILES string of the molecule is CC(C)N1CC(N=O)C1. The van der Waals surface area contributed by atoms with Crippen molar-refractivity contribution in [3.63, 3.8) is 0 Å². The molecule has 1 aliphatic rings. The highest BCUT2D eigenvalue weighted by molar-refractivity contribution is 4.86. The molecular formula is C6H12N2O. The normalized spacial score (nSPS) is 22.1. The van der Waals surface area contributed by atoms with Crippen molar-refractivity contribution in [3.05, 3.63) is 4.91 Å². The molecule has 1 saturated heterocycles. The summed E-state index contributed by atoms with van der Waals surface area (Å²) in [6, 6.07) is 0.649. The van der Waals surface area contributed by atoms with Gasteiger partial charge in [0, 0.05) is 19.1 Å². The van der Waals surface area contributed by atoms with Gasteiger partial charge in [-0.25, -0.2) is 0 Å². The van der Waals surface area contributed by atoms with E-state index in [1.54, 1.807) is 0 Å². The summed E-state index contributed by atoms with van der Waals surface area (Å²) in [5.41, 5.74) is 0. The van der Waals surface area contributed by atoms with Crippen molar-refractivity contribution in [3.8, 4) is 0 Å². The van der Waals surface area contributed by atoms with Crippen molar-refractivity contribution < 1.29 is 0 Å². The molecule has 1 fully saturated rings. The largest absolute Gasteiger partial charge is 0.296 e. The third kappa shape index (κ3) is 1.27. The van der Waals surface area contributed by atoms with Gasteiger partial charge in [-0.05, 0) is 13.8 Å². The molecule has 0 aromatic heterocycles. The fourth-order valence-corrected chi connectivity index (χ4v) is 0.976. The third-order valence-corrected chi connectivity index (χ3v) is 1.77. The second-order valence-electron chi connectivity index (χ2n) is 2.81. The lowest BCUT2D eigenvalue weighted by atomic mass is 10.1. The molecule has 1 rings (SSSR count). The second-order valence-corrected chi connectivity index (χ2v) is 2.81. The molecule has 0 atom stereocenters. The standard InChI is InChI=1S/C6H12N2O/c1-5(2)8-3-6(4-8)7-9/h5-6H,3-4H2,1-2H3. The van der Waals surface area contributed by atoms with Crippen LogP contribution in [0.4, 0.5) is 0 Å². The Kier molecular flexibility index (Phi) is 1.81. The number of hydrogen-bond acceptors (Lipinski definition) is 3. The summed E-state index contributed by atoms with van der Waals surface area (Å²) < 4.78 is 0. The Morgan fingerprint density at radius 3 is 2.44 bits per heavy atom. The summed E-state index contributed by atoms with van der Waals surface area (Å²) >= 11 is 0. The van der Waals surface area contributed by atoms with Crippen LogP contribution in [-0.4, -0.2) is 30.1 Å². The molecule has 0 saturated carbocycles. The van der Waals surface area contributed by atoms with E-state index in [9.17, 15) is 4.91 Å². The minimum atomic E-state index is 0.0763. The van der Waals surface area contributed by atoms with Crippen molar-refractivity contribution in [2.24, 2.45) is 5.18 Å². The van der Waals surface area contributed by atoms with E-state index in [-0.39, 0.29) is 6.04 Å². The molecule has 0 spiro atoms. The Labute approximate surface area is 55.0 Å². The average Bonchev–Trinajstić information content (AvgIpc) is 1.61. The fraction of sp³-hybridized carbons (Fsp3) is 1.00. The van der Waals surface area contributed by atoms with Crippen LogP contribution in [-0.2, 0) is 0 Å². The zero-order chi connectivity index (χ0) is 6.85. The van der Waals surface area contributed by atoms with Crippen molar-refractivity contribution in [2.75, 3.05) is 13.1 Å². The van der Waals surface area contributed by atoms with Crippen LogP contribution in [0.25, 0.3) is 0 Å². The molecule has 0 aromatic carbocycles. The van der Waals surface area contributed by atoms with Crippen LogP contribution in [0.1, 0.15) is 13.8 Å². The highest BCUT2D eigenvalue weighted by Crippen LogP contribution is 2.13. The van der Waals surface area contributed by atoms with E-state index in [4.69, 9.17) is 0 Å². The van der Waals surface area contributed by atoms with E-state index in [1.165, 1.54) is 0 Å². The lowest BCUT2D eigenvalue weighted by Crippen LogP contribution is -2.52. The quantitative estimate of drug-likeness (QED) is 0.516. The van der Waals surface area contributed by atoms with Gasteiger partial charge in [-0.3, -0.25) is 4.90 Å². The zero-order valence-corrected chi connectivity index (χ0v) is 5.87. The summed E-state index contributed by atoms with van der Waals surface area (Å²) in [5.74, 6) is 0. The average molecular weight is 128 g/mol. The van der Waals surface area contributed by atoms with Crippen LogP contribution < -0.4 is 0 Å². The summed E-state index contributed by atoms with van der Waals surface area (Å²) in [4.78, 5) is 12.1. The van der Waals surface area contributed by atoms with Gasteiger partial charge in [-0.15, -0.1) is 0 Å². The van der Waals surface area contributed by atoms with Gasteiger partial charge in [-0.2, -0.15) is 4.91 Å². The maximum Gasteiger partial charge on any atom is 0.117 e. The van der Waals surface area contributed by atoms with Crippen molar-refractivity contribution >= 4 is 0 Å². The van der Waals surface area contributed by atoms with E-state index in [2.05, 4.69) is 23.9 Å². The van der Waals surface area contributed by atoms with E-state index < -0.39 is 0 Å². The van der Waals surface area contributed by atoms with Gasteiger partial charge in [0.15, 0.2) is 0 Å². The topological polar surface area (TPSA) is 32.7 Å². The van der Waals surface area contributed by atoms with Gasteiger partial charge in [0.2, 0.25) is 0 Å². The summed E-state index contributed by atoms with van der Waals surface area (Å²) in [6.45, 7) is 5.98. The fourth-order valence-electron chi connectivity index (χ4n) is 0.976. The molecular weight excluding hydrogens is 116 g/mol. The lowest BCUT2D eigenvalue weighted by molar-refractivity contribution is 0.113. The summed E-state index contributed by atoms with van der Waals surface area (Å²) in [5, 5.41) is 2.93. The lowest BCUT2D eigenvalue weighted by Gasteiger charge is -2.37. The molecule has 3 nitrogen and oxygen atoms in total. The maximum atomic E-state index is 9.88. The minimum Gasteiger partial charge on any atom is -0.296 e. The maximum absolute atomic E-state index is 9.88. The first-order valence-corrected chi connectivity index (χ1v) is 3.30. The van der Waals surface area contributed by atoms with Gasteiger partial charge >= 0.3 is 0 Å². The molecule has 0 radical (unpaired) electrons. The third-order valence-electron chi connectivity index (χ3n) is 1.77. The minimum absolute atomic E-state index is 0.0763. The predicted molar refractivity (Wildman–Crippen MR) is 36.3 cm³/mol. The molecule has 0 unspecified atom stereocenters. The number of nitroso groups, excluding NO2 is 1. The highest BCUT2D eigenvalue weighted by Gasteiger charge is 2.28. The van der Waals surface area contributed by atoms with Crippen LogP contribution >= 0.6 is 0 Å².